The Hall–Kier alpha value is -1.20. The number of hydrogen-bond donors (Lipinski definition) is 1. The van der Waals surface area contributed by atoms with Gasteiger partial charge in [-0.15, -0.1) is 0 Å². The van der Waals surface area contributed by atoms with E-state index in [0.717, 1.165) is 25.3 Å². The number of anilines is 1. The van der Waals surface area contributed by atoms with Crippen molar-refractivity contribution >= 4 is 5.95 Å². The van der Waals surface area contributed by atoms with Crippen LogP contribution in [-0.4, -0.2) is 59.5 Å². The van der Waals surface area contributed by atoms with Gasteiger partial charge >= 0.3 is 0 Å². The van der Waals surface area contributed by atoms with Crippen molar-refractivity contribution in [2.45, 2.75) is 25.9 Å². The van der Waals surface area contributed by atoms with Crippen LogP contribution in [0.15, 0.2) is 12.3 Å². The van der Waals surface area contributed by atoms with Crippen molar-refractivity contribution in [3.05, 3.63) is 18.0 Å². The van der Waals surface area contributed by atoms with Gasteiger partial charge in [0.05, 0.1) is 5.69 Å². The molecular weight excluding hydrogens is 226 g/mol. The zero-order valence-electron chi connectivity index (χ0n) is 11.6. The van der Waals surface area contributed by atoms with Gasteiger partial charge in [0.15, 0.2) is 0 Å². The number of hydrogen-bond acceptors (Lipinski definition) is 5. The molecule has 1 N–H and O–H groups in total. The van der Waals surface area contributed by atoms with Crippen molar-refractivity contribution in [3.63, 3.8) is 0 Å². The van der Waals surface area contributed by atoms with Crippen LogP contribution in [0, 0.1) is 0 Å². The Bertz CT molecular complexity index is 381. The summed E-state index contributed by atoms with van der Waals surface area (Å²) in [5.74, 6) is 0.701. The zero-order valence-corrected chi connectivity index (χ0v) is 11.6. The summed E-state index contributed by atoms with van der Waals surface area (Å²) >= 11 is 0. The van der Waals surface area contributed by atoms with E-state index in [4.69, 9.17) is 0 Å². The monoisotopic (exact) mass is 249 g/mol. The van der Waals surface area contributed by atoms with Gasteiger partial charge in [0.25, 0.3) is 0 Å². The topological polar surface area (TPSA) is 44.3 Å². The molecule has 0 spiro atoms. The number of aromatic nitrogens is 2. The van der Waals surface area contributed by atoms with Crippen LogP contribution in [0.4, 0.5) is 5.95 Å². The fourth-order valence-corrected chi connectivity index (χ4v) is 2.47. The molecule has 0 aromatic carbocycles. The normalized spacial score (nSPS) is 22.7. The molecule has 2 heterocycles. The van der Waals surface area contributed by atoms with Crippen molar-refractivity contribution in [1.82, 2.24) is 19.8 Å². The van der Waals surface area contributed by atoms with Gasteiger partial charge in [0.2, 0.25) is 5.95 Å². The Morgan fingerprint density at radius 2 is 2.28 bits per heavy atom. The molecular formula is C13H23N5. The zero-order chi connectivity index (χ0) is 13.0. The minimum Gasteiger partial charge on any atom is -0.357 e. The lowest BCUT2D eigenvalue weighted by Crippen LogP contribution is -2.37. The summed E-state index contributed by atoms with van der Waals surface area (Å²) in [5.41, 5.74) is 1.09. The number of nitrogens with zero attached hydrogens (tertiary/aromatic N) is 4. The quantitative estimate of drug-likeness (QED) is 0.867. The number of likely N-dealkylation sites (N-methyl/N-ethyl adjacent to an activating group) is 1. The fourth-order valence-electron chi connectivity index (χ4n) is 2.47. The molecule has 1 fully saturated rings. The Morgan fingerprint density at radius 3 is 3.06 bits per heavy atom. The molecule has 0 saturated carbocycles. The highest BCUT2D eigenvalue weighted by molar-refractivity contribution is 5.23. The van der Waals surface area contributed by atoms with Gasteiger partial charge in [-0.3, -0.25) is 4.90 Å². The van der Waals surface area contributed by atoms with E-state index < -0.39 is 0 Å². The minimum atomic E-state index is 0.575. The summed E-state index contributed by atoms with van der Waals surface area (Å²) in [6.45, 7) is 6.66. The van der Waals surface area contributed by atoms with Gasteiger partial charge in [0.1, 0.15) is 0 Å². The van der Waals surface area contributed by atoms with Gasteiger partial charge in [-0.05, 0) is 33.0 Å². The van der Waals surface area contributed by atoms with Gasteiger partial charge in [-0.2, -0.15) is 0 Å². The highest BCUT2D eigenvalue weighted by Gasteiger charge is 2.19. The molecule has 1 aromatic heterocycles. The first-order chi connectivity index (χ1) is 8.69. The minimum absolute atomic E-state index is 0.575. The summed E-state index contributed by atoms with van der Waals surface area (Å²) in [5, 5.41) is 2.99. The molecule has 2 rings (SSSR count). The van der Waals surface area contributed by atoms with Crippen molar-refractivity contribution in [3.8, 4) is 0 Å². The predicted molar refractivity (Wildman–Crippen MR) is 73.6 cm³/mol. The molecule has 5 heteroatoms. The molecule has 0 radical (unpaired) electrons. The summed E-state index contributed by atoms with van der Waals surface area (Å²) in [6.07, 6.45) is 3.05. The van der Waals surface area contributed by atoms with Crippen molar-refractivity contribution < 1.29 is 0 Å². The summed E-state index contributed by atoms with van der Waals surface area (Å²) in [6, 6.07) is 2.58. The molecule has 0 amide bonds. The Balaban J connectivity index is 2.02. The predicted octanol–water partition coefficient (Wildman–Crippen LogP) is 1.04. The van der Waals surface area contributed by atoms with Gasteiger partial charge in [0, 0.05) is 38.9 Å². The van der Waals surface area contributed by atoms with Crippen molar-refractivity contribution in [2.24, 2.45) is 0 Å². The molecule has 18 heavy (non-hydrogen) atoms. The van der Waals surface area contributed by atoms with Crippen LogP contribution >= 0.6 is 0 Å². The lowest BCUT2D eigenvalue weighted by molar-refractivity contribution is 0.192. The van der Waals surface area contributed by atoms with Crippen LogP contribution in [0.5, 0.6) is 0 Å². The van der Waals surface area contributed by atoms with Gasteiger partial charge in [-0.1, -0.05) is 0 Å². The van der Waals surface area contributed by atoms with E-state index in [-0.39, 0.29) is 0 Å². The van der Waals surface area contributed by atoms with Crippen LogP contribution in [0.2, 0.25) is 0 Å². The molecule has 1 unspecified atom stereocenters. The molecule has 0 aliphatic carbocycles. The van der Waals surface area contributed by atoms with Crippen molar-refractivity contribution in [1.29, 1.82) is 0 Å². The summed E-state index contributed by atoms with van der Waals surface area (Å²) in [7, 11) is 4.05. The van der Waals surface area contributed by atoms with E-state index in [1.54, 1.807) is 0 Å². The highest BCUT2D eigenvalue weighted by atomic mass is 15.2. The first-order valence-electron chi connectivity index (χ1n) is 6.61. The van der Waals surface area contributed by atoms with E-state index in [1.165, 1.54) is 13.0 Å². The second-order valence-electron chi connectivity index (χ2n) is 5.06. The number of rotatable bonds is 3. The van der Waals surface area contributed by atoms with Gasteiger partial charge < -0.3 is 10.2 Å². The smallest absolute Gasteiger partial charge is 0.222 e. The maximum Gasteiger partial charge on any atom is 0.222 e. The second kappa shape index (κ2) is 6.11. The van der Waals surface area contributed by atoms with Crippen LogP contribution in [0.3, 0.4) is 0 Å². The molecule has 100 valence electrons. The Morgan fingerprint density at radius 1 is 1.44 bits per heavy atom. The third kappa shape index (κ3) is 3.40. The maximum atomic E-state index is 4.49. The standard InChI is InChI=1S/C13H23N5/c1-11-9-17(3)7-4-8-18(11)10-12-5-6-15-13(14-2)16-12/h5-6,11H,4,7-10H2,1-3H3,(H,14,15,16). The lowest BCUT2D eigenvalue weighted by atomic mass is 10.2. The molecule has 1 aromatic rings. The van der Waals surface area contributed by atoms with E-state index in [2.05, 4.69) is 39.1 Å². The average Bonchev–Trinajstić information content (AvgIpc) is 2.52. The first-order valence-corrected chi connectivity index (χ1v) is 6.61. The van der Waals surface area contributed by atoms with Gasteiger partial charge in [-0.25, -0.2) is 9.97 Å². The molecule has 0 bridgehead atoms. The Kier molecular flexibility index (Phi) is 4.49. The highest BCUT2D eigenvalue weighted by Crippen LogP contribution is 2.12. The molecule has 1 aliphatic heterocycles. The first kappa shape index (κ1) is 13.2. The van der Waals surface area contributed by atoms with E-state index in [0.29, 0.717) is 12.0 Å². The van der Waals surface area contributed by atoms with Crippen LogP contribution in [0.25, 0.3) is 0 Å². The summed E-state index contributed by atoms with van der Waals surface area (Å²) in [4.78, 5) is 13.6. The molecule has 1 atom stereocenters. The van der Waals surface area contributed by atoms with E-state index in [9.17, 15) is 0 Å². The molecule has 5 nitrogen and oxygen atoms in total. The van der Waals surface area contributed by atoms with Crippen LogP contribution in [-0.2, 0) is 6.54 Å². The van der Waals surface area contributed by atoms with Crippen molar-refractivity contribution in [2.75, 3.05) is 39.0 Å². The maximum absolute atomic E-state index is 4.49. The van der Waals surface area contributed by atoms with E-state index >= 15 is 0 Å². The molecule has 1 saturated heterocycles. The fraction of sp³-hybridized carbons (Fsp3) is 0.692. The lowest BCUT2D eigenvalue weighted by Gasteiger charge is -2.27. The van der Waals surface area contributed by atoms with Crippen LogP contribution < -0.4 is 5.32 Å². The second-order valence-corrected chi connectivity index (χ2v) is 5.06. The number of nitrogens with one attached hydrogen (secondary N) is 1. The third-order valence-corrected chi connectivity index (χ3v) is 3.49. The molecule has 1 aliphatic rings. The SMILES string of the molecule is CNc1nccc(CN2CCCN(C)CC2C)n1. The largest absolute Gasteiger partial charge is 0.357 e. The third-order valence-electron chi connectivity index (χ3n) is 3.49. The average molecular weight is 249 g/mol. The summed E-state index contributed by atoms with van der Waals surface area (Å²) < 4.78 is 0. The Labute approximate surface area is 109 Å². The van der Waals surface area contributed by atoms with E-state index in [1.807, 2.05) is 19.3 Å². The van der Waals surface area contributed by atoms with Crippen LogP contribution in [0.1, 0.15) is 19.0 Å².